The van der Waals surface area contributed by atoms with Crippen LogP contribution in [0.5, 0.6) is 0 Å². The Labute approximate surface area is 151 Å². The van der Waals surface area contributed by atoms with Crippen LogP contribution in [0.25, 0.3) is 11.1 Å². The van der Waals surface area contributed by atoms with Gasteiger partial charge in [-0.15, -0.1) is 4.70 Å². The zero-order valence-electron chi connectivity index (χ0n) is 15.5. The van der Waals surface area contributed by atoms with E-state index in [2.05, 4.69) is 83.6 Å². The summed E-state index contributed by atoms with van der Waals surface area (Å²) in [6, 6.07) is 19.6. The van der Waals surface area contributed by atoms with Crippen LogP contribution in [0.15, 0.2) is 59.7 Å². The van der Waals surface area contributed by atoms with Gasteiger partial charge < -0.3 is 10.2 Å². The molecule has 1 heterocycles. The summed E-state index contributed by atoms with van der Waals surface area (Å²) in [5.74, 6) is 0.511. The van der Waals surface area contributed by atoms with Gasteiger partial charge in [0.25, 0.3) is 0 Å². The highest BCUT2D eigenvalue weighted by molar-refractivity contribution is 5.68. The van der Waals surface area contributed by atoms with Crippen LogP contribution >= 0.6 is 0 Å². The van der Waals surface area contributed by atoms with Gasteiger partial charge in [0.2, 0.25) is 0 Å². The molecule has 0 aromatic heterocycles. The second-order valence-corrected chi connectivity index (χ2v) is 6.98. The van der Waals surface area contributed by atoms with Crippen LogP contribution in [-0.2, 0) is 0 Å². The highest BCUT2D eigenvalue weighted by Gasteiger charge is 2.37. The summed E-state index contributed by atoms with van der Waals surface area (Å²) in [7, 11) is 6.30. The van der Waals surface area contributed by atoms with E-state index in [-0.39, 0.29) is 6.04 Å². The van der Waals surface area contributed by atoms with Crippen molar-refractivity contribution in [2.24, 2.45) is 11.0 Å². The molecular formula is C21H29N4+. The minimum atomic E-state index is 0.221. The first kappa shape index (κ1) is 17.8. The van der Waals surface area contributed by atoms with Crippen LogP contribution in [-0.4, -0.2) is 56.9 Å². The summed E-state index contributed by atoms with van der Waals surface area (Å²) in [5.41, 5.74) is 3.91. The largest absolute Gasteiger partial charge is 0.318 e. The van der Waals surface area contributed by atoms with Gasteiger partial charge in [0.1, 0.15) is 6.04 Å². The molecule has 2 aromatic carbocycles. The molecule has 0 amide bonds. The van der Waals surface area contributed by atoms with Gasteiger partial charge in [0.15, 0.2) is 13.6 Å². The van der Waals surface area contributed by atoms with Crippen molar-refractivity contribution in [3.8, 4) is 11.1 Å². The van der Waals surface area contributed by atoms with Crippen molar-refractivity contribution in [2.45, 2.75) is 6.04 Å². The maximum atomic E-state index is 4.95. The molecule has 2 aromatic rings. The maximum Gasteiger partial charge on any atom is 0.174 e. The molecule has 1 aliphatic heterocycles. The van der Waals surface area contributed by atoms with Crippen molar-refractivity contribution in [2.75, 3.05) is 47.3 Å². The predicted molar refractivity (Wildman–Crippen MR) is 103 cm³/mol. The number of hydrogen-bond donors (Lipinski definition) is 1. The van der Waals surface area contributed by atoms with Gasteiger partial charge in [0.05, 0.1) is 5.92 Å². The van der Waals surface area contributed by atoms with Gasteiger partial charge in [-0.25, -0.2) is 0 Å². The monoisotopic (exact) mass is 337 g/mol. The molecule has 0 spiro atoms. The highest BCUT2D eigenvalue weighted by Crippen LogP contribution is 2.37. The molecule has 1 aliphatic rings. The van der Waals surface area contributed by atoms with Crippen LogP contribution in [0.4, 0.5) is 0 Å². The Hall–Kier alpha value is -2.04. The number of likely N-dealkylation sites (N-methyl/N-ethyl adjacent to an activating group) is 2. The highest BCUT2D eigenvalue weighted by atomic mass is 15.3. The van der Waals surface area contributed by atoms with Crippen LogP contribution < -0.4 is 5.32 Å². The van der Waals surface area contributed by atoms with Crippen LogP contribution in [0.3, 0.4) is 0 Å². The average molecular weight is 337 g/mol. The average Bonchev–Trinajstić information content (AvgIpc) is 3.00. The number of azo groups is 2. The molecule has 4 nitrogen and oxygen atoms in total. The van der Waals surface area contributed by atoms with Gasteiger partial charge in [-0.3, -0.25) is 0 Å². The van der Waals surface area contributed by atoms with Gasteiger partial charge in [0, 0.05) is 19.6 Å². The zero-order valence-corrected chi connectivity index (χ0v) is 15.5. The van der Waals surface area contributed by atoms with E-state index < -0.39 is 0 Å². The molecule has 0 saturated carbocycles. The molecule has 0 aliphatic carbocycles. The molecule has 3 rings (SSSR count). The maximum absolute atomic E-state index is 4.95. The third-order valence-corrected chi connectivity index (χ3v) is 4.92. The first-order valence-corrected chi connectivity index (χ1v) is 9.08. The van der Waals surface area contributed by atoms with E-state index in [1.54, 1.807) is 0 Å². The molecule has 2 unspecified atom stereocenters. The van der Waals surface area contributed by atoms with Crippen molar-refractivity contribution in [1.82, 2.24) is 10.2 Å². The minimum absolute atomic E-state index is 0.221. The topological polar surface area (TPSA) is 30.6 Å². The molecule has 0 bridgehead atoms. The fourth-order valence-corrected chi connectivity index (χ4v) is 3.70. The van der Waals surface area contributed by atoms with E-state index in [1.807, 2.05) is 7.05 Å². The first-order chi connectivity index (χ1) is 12.2. The quantitative estimate of drug-likeness (QED) is 0.786. The minimum Gasteiger partial charge on any atom is -0.318 e. The number of hydrogen-bond acceptors (Lipinski definition) is 3. The molecular weight excluding hydrogens is 308 g/mol. The van der Waals surface area contributed by atoms with Crippen molar-refractivity contribution < 1.29 is 4.70 Å². The van der Waals surface area contributed by atoms with Crippen molar-refractivity contribution >= 4 is 0 Å². The summed E-state index contributed by atoms with van der Waals surface area (Å²) in [4.78, 5) is 2.41. The van der Waals surface area contributed by atoms with E-state index in [1.165, 1.54) is 16.7 Å². The predicted octanol–water partition coefficient (Wildman–Crippen LogP) is 3.27. The van der Waals surface area contributed by atoms with E-state index in [0.717, 1.165) is 26.2 Å². The fourth-order valence-electron chi connectivity index (χ4n) is 3.70. The first-order valence-electron chi connectivity index (χ1n) is 9.08. The Morgan fingerprint density at radius 3 is 2.60 bits per heavy atom. The summed E-state index contributed by atoms with van der Waals surface area (Å²) in [6.45, 7) is 4.15. The standard InChI is InChI=1S/C21H29N4/c1-22-13-14-24(2)15-18-16-25(3)23-21(18)20-12-8-7-11-19(20)17-9-5-4-6-10-17/h4-12,18,21-22H,13-16H2,1-3H3/q+1. The molecule has 132 valence electrons. The molecule has 4 heteroatoms. The van der Waals surface area contributed by atoms with Gasteiger partial charge in [-0.1, -0.05) is 54.6 Å². The second-order valence-electron chi connectivity index (χ2n) is 6.98. The van der Waals surface area contributed by atoms with Crippen LogP contribution in [0.1, 0.15) is 11.6 Å². The Morgan fingerprint density at radius 2 is 1.84 bits per heavy atom. The number of nitrogens with one attached hydrogen (secondary N) is 1. The third-order valence-electron chi connectivity index (χ3n) is 4.92. The van der Waals surface area contributed by atoms with E-state index in [9.17, 15) is 0 Å². The van der Waals surface area contributed by atoms with Crippen LogP contribution in [0, 0.1) is 5.92 Å². The van der Waals surface area contributed by atoms with Crippen molar-refractivity contribution in [1.29, 1.82) is 0 Å². The number of rotatable bonds is 7. The third kappa shape index (κ3) is 4.33. The summed E-state index contributed by atoms with van der Waals surface area (Å²) in [5, 5.41) is 8.18. The zero-order chi connectivity index (χ0) is 17.6. The van der Waals surface area contributed by atoms with Crippen LogP contribution in [0.2, 0.25) is 0 Å². The molecule has 0 fully saturated rings. The Balaban J connectivity index is 1.86. The molecule has 25 heavy (non-hydrogen) atoms. The van der Waals surface area contributed by atoms with Gasteiger partial charge in [-0.2, -0.15) is 0 Å². The normalized spacial score (nSPS) is 20.1. The molecule has 0 saturated heterocycles. The molecule has 0 radical (unpaired) electrons. The lowest BCUT2D eigenvalue weighted by atomic mass is 9.88. The lowest BCUT2D eigenvalue weighted by molar-refractivity contribution is -0.556. The SMILES string of the molecule is CNCCN(C)CC1C[N+](C)=NC1c1ccccc1-c1ccccc1. The number of benzene rings is 2. The lowest BCUT2D eigenvalue weighted by Crippen LogP contribution is -2.34. The van der Waals surface area contributed by atoms with Crippen molar-refractivity contribution in [3.05, 3.63) is 60.2 Å². The van der Waals surface area contributed by atoms with Gasteiger partial charge >= 0.3 is 0 Å². The van der Waals surface area contributed by atoms with E-state index in [0.29, 0.717) is 5.92 Å². The summed E-state index contributed by atoms with van der Waals surface area (Å²) in [6.07, 6.45) is 0. The second kappa shape index (κ2) is 8.37. The molecule has 1 N–H and O–H groups in total. The van der Waals surface area contributed by atoms with Gasteiger partial charge in [-0.05, 0) is 35.9 Å². The fraction of sp³-hybridized carbons (Fsp3) is 0.429. The lowest BCUT2D eigenvalue weighted by Gasteiger charge is -2.23. The Morgan fingerprint density at radius 1 is 1.12 bits per heavy atom. The smallest absolute Gasteiger partial charge is 0.174 e. The summed E-state index contributed by atoms with van der Waals surface area (Å²) < 4.78 is 2.11. The summed E-state index contributed by atoms with van der Waals surface area (Å²) >= 11 is 0. The van der Waals surface area contributed by atoms with Crippen molar-refractivity contribution in [3.63, 3.8) is 0 Å². The van der Waals surface area contributed by atoms with E-state index >= 15 is 0 Å². The molecule has 2 atom stereocenters. The van der Waals surface area contributed by atoms with E-state index in [4.69, 9.17) is 5.11 Å². The number of nitrogens with zero attached hydrogens (tertiary/aromatic N) is 3. The Bertz CT molecular complexity index is 711. The Kier molecular flexibility index (Phi) is 5.95.